The standard InChI is InChI=1S/C11H18N2O/c1-7-8(6-13(4)12-7)9-5-10(14)11(9,2)3/h6,9-10,14H,5H2,1-4H3. The van der Waals surface area contributed by atoms with E-state index in [1.807, 2.05) is 18.7 Å². The summed E-state index contributed by atoms with van der Waals surface area (Å²) < 4.78 is 1.85. The molecule has 1 aromatic heterocycles. The molecule has 2 rings (SSSR count). The van der Waals surface area contributed by atoms with Gasteiger partial charge in [-0.05, 0) is 30.2 Å². The molecule has 0 aromatic carbocycles. The SMILES string of the molecule is Cc1nn(C)cc1C1CC(O)C1(C)C. The van der Waals surface area contributed by atoms with Crippen LogP contribution in [-0.4, -0.2) is 21.0 Å². The maximum atomic E-state index is 9.68. The van der Waals surface area contributed by atoms with Crippen LogP contribution in [0.3, 0.4) is 0 Å². The molecule has 0 bridgehead atoms. The number of hydrogen-bond donors (Lipinski definition) is 1. The molecule has 0 spiro atoms. The third-order valence-corrected chi connectivity index (χ3v) is 3.64. The molecule has 0 saturated heterocycles. The van der Waals surface area contributed by atoms with E-state index in [0.29, 0.717) is 5.92 Å². The van der Waals surface area contributed by atoms with Crippen LogP contribution in [0.1, 0.15) is 37.4 Å². The molecular weight excluding hydrogens is 176 g/mol. The van der Waals surface area contributed by atoms with Gasteiger partial charge in [0.25, 0.3) is 0 Å². The molecule has 1 aromatic rings. The molecule has 0 aliphatic heterocycles. The average Bonchev–Trinajstić information content (AvgIpc) is 2.40. The number of nitrogens with zero attached hydrogens (tertiary/aromatic N) is 2. The zero-order valence-electron chi connectivity index (χ0n) is 9.28. The lowest BCUT2D eigenvalue weighted by Gasteiger charge is -2.49. The Kier molecular flexibility index (Phi) is 1.96. The van der Waals surface area contributed by atoms with Crippen molar-refractivity contribution < 1.29 is 5.11 Å². The van der Waals surface area contributed by atoms with Crippen LogP contribution in [0.15, 0.2) is 6.20 Å². The van der Waals surface area contributed by atoms with Crippen molar-refractivity contribution in [2.45, 2.75) is 39.2 Å². The summed E-state index contributed by atoms with van der Waals surface area (Å²) in [5, 5.41) is 14.0. The maximum Gasteiger partial charge on any atom is 0.0628 e. The largest absolute Gasteiger partial charge is 0.393 e. The molecule has 0 amide bonds. The normalized spacial score (nSPS) is 30.1. The van der Waals surface area contributed by atoms with Crippen molar-refractivity contribution in [2.24, 2.45) is 12.5 Å². The molecule has 3 heteroatoms. The summed E-state index contributed by atoms with van der Waals surface area (Å²) in [4.78, 5) is 0. The van der Waals surface area contributed by atoms with Crippen LogP contribution in [0.5, 0.6) is 0 Å². The van der Waals surface area contributed by atoms with Crippen molar-refractivity contribution >= 4 is 0 Å². The molecule has 2 unspecified atom stereocenters. The van der Waals surface area contributed by atoms with Gasteiger partial charge in [-0.2, -0.15) is 5.10 Å². The van der Waals surface area contributed by atoms with Gasteiger partial charge in [-0.1, -0.05) is 13.8 Å². The highest BCUT2D eigenvalue weighted by atomic mass is 16.3. The van der Waals surface area contributed by atoms with Crippen LogP contribution in [-0.2, 0) is 7.05 Å². The van der Waals surface area contributed by atoms with Gasteiger partial charge < -0.3 is 5.11 Å². The van der Waals surface area contributed by atoms with Gasteiger partial charge in [0, 0.05) is 13.2 Å². The summed E-state index contributed by atoms with van der Waals surface area (Å²) in [5.74, 6) is 0.464. The van der Waals surface area contributed by atoms with Crippen molar-refractivity contribution in [2.75, 3.05) is 0 Å². The fourth-order valence-electron chi connectivity index (χ4n) is 2.39. The highest BCUT2D eigenvalue weighted by Crippen LogP contribution is 2.52. The van der Waals surface area contributed by atoms with E-state index >= 15 is 0 Å². The van der Waals surface area contributed by atoms with Gasteiger partial charge in [-0.15, -0.1) is 0 Å². The minimum atomic E-state index is -0.160. The number of aliphatic hydroxyl groups is 1. The van der Waals surface area contributed by atoms with Crippen molar-refractivity contribution in [1.29, 1.82) is 0 Å². The lowest BCUT2D eigenvalue weighted by atomic mass is 9.58. The molecule has 1 heterocycles. The first-order valence-corrected chi connectivity index (χ1v) is 5.11. The quantitative estimate of drug-likeness (QED) is 0.737. The van der Waals surface area contributed by atoms with E-state index in [4.69, 9.17) is 0 Å². The lowest BCUT2D eigenvalue weighted by Crippen LogP contribution is -2.47. The predicted octanol–water partition coefficient (Wildman–Crippen LogP) is 1.60. The topological polar surface area (TPSA) is 38.0 Å². The fraction of sp³-hybridized carbons (Fsp3) is 0.727. The molecule has 3 nitrogen and oxygen atoms in total. The smallest absolute Gasteiger partial charge is 0.0628 e. The maximum absolute atomic E-state index is 9.68. The second-order valence-electron chi connectivity index (χ2n) is 4.97. The first kappa shape index (κ1) is 9.71. The summed E-state index contributed by atoms with van der Waals surface area (Å²) in [5.41, 5.74) is 2.40. The highest BCUT2D eigenvalue weighted by molar-refractivity contribution is 5.27. The number of aromatic nitrogens is 2. The van der Waals surface area contributed by atoms with Gasteiger partial charge in [-0.25, -0.2) is 0 Å². The second-order valence-corrected chi connectivity index (χ2v) is 4.97. The summed E-state index contributed by atoms with van der Waals surface area (Å²) in [6.45, 7) is 6.28. The molecule has 1 aliphatic carbocycles. The monoisotopic (exact) mass is 194 g/mol. The Labute approximate surface area is 84.7 Å². The zero-order valence-corrected chi connectivity index (χ0v) is 9.28. The van der Waals surface area contributed by atoms with Crippen molar-refractivity contribution in [3.05, 3.63) is 17.5 Å². The number of aliphatic hydroxyl groups excluding tert-OH is 1. The Morgan fingerprint density at radius 2 is 2.21 bits per heavy atom. The van der Waals surface area contributed by atoms with Crippen LogP contribution in [0.4, 0.5) is 0 Å². The Bertz CT molecular complexity index is 354. The van der Waals surface area contributed by atoms with E-state index < -0.39 is 0 Å². The van der Waals surface area contributed by atoms with Crippen LogP contribution >= 0.6 is 0 Å². The van der Waals surface area contributed by atoms with Gasteiger partial charge in [-0.3, -0.25) is 4.68 Å². The summed E-state index contributed by atoms with van der Waals surface area (Å²) in [6.07, 6.45) is 2.79. The van der Waals surface area contributed by atoms with E-state index in [0.717, 1.165) is 12.1 Å². The van der Waals surface area contributed by atoms with Gasteiger partial charge in [0.1, 0.15) is 0 Å². The molecule has 14 heavy (non-hydrogen) atoms. The summed E-state index contributed by atoms with van der Waals surface area (Å²) in [7, 11) is 1.94. The van der Waals surface area contributed by atoms with Crippen molar-refractivity contribution in [3.8, 4) is 0 Å². The van der Waals surface area contributed by atoms with Gasteiger partial charge in [0.05, 0.1) is 11.8 Å². The van der Waals surface area contributed by atoms with Gasteiger partial charge in [0.2, 0.25) is 0 Å². The summed E-state index contributed by atoms with van der Waals surface area (Å²) in [6, 6.07) is 0. The van der Waals surface area contributed by atoms with E-state index in [-0.39, 0.29) is 11.5 Å². The zero-order chi connectivity index (χ0) is 10.5. The molecule has 78 valence electrons. The van der Waals surface area contributed by atoms with E-state index in [2.05, 4.69) is 25.1 Å². The van der Waals surface area contributed by atoms with Gasteiger partial charge >= 0.3 is 0 Å². The molecule has 1 aliphatic rings. The van der Waals surface area contributed by atoms with E-state index in [1.165, 1.54) is 5.56 Å². The molecule has 1 fully saturated rings. The van der Waals surface area contributed by atoms with Crippen LogP contribution in [0.25, 0.3) is 0 Å². The first-order valence-electron chi connectivity index (χ1n) is 5.11. The van der Waals surface area contributed by atoms with Crippen LogP contribution < -0.4 is 0 Å². The molecule has 1 saturated carbocycles. The first-order chi connectivity index (χ1) is 6.43. The van der Waals surface area contributed by atoms with Gasteiger partial charge in [0.15, 0.2) is 0 Å². The van der Waals surface area contributed by atoms with E-state index in [1.54, 1.807) is 0 Å². The molecular formula is C11H18N2O. The average molecular weight is 194 g/mol. The van der Waals surface area contributed by atoms with E-state index in [9.17, 15) is 5.11 Å². The molecule has 0 radical (unpaired) electrons. The van der Waals surface area contributed by atoms with Crippen LogP contribution in [0.2, 0.25) is 0 Å². The Hall–Kier alpha value is -0.830. The highest BCUT2D eigenvalue weighted by Gasteiger charge is 2.48. The minimum Gasteiger partial charge on any atom is -0.393 e. The third kappa shape index (κ3) is 1.19. The van der Waals surface area contributed by atoms with Crippen molar-refractivity contribution in [1.82, 2.24) is 9.78 Å². The Balaban J connectivity index is 2.30. The molecule has 1 N–H and O–H groups in total. The number of rotatable bonds is 1. The number of hydrogen-bond acceptors (Lipinski definition) is 2. The lowest BCUT2D eigenvalue weighted by molar-refractivity contribution is -0.0627. The summed E-state index contributed by atoms with van der Waals surface area (Å²) >= 11 is 0. The molecule has 2 atom stereocenters. The number of aryl methyl sites for hydroxylation is 2. The fourth-order valence-corrected chi connectivity index (χ4v) is 2.39. The predicted molar refractivity (Wildman–Crippen MR) is 55.1 cm³/mol. The van der Waals surface area contributed by atoms with Crippen molar-refractivity contribution in [3.63, 3.8) is 0 Å². The third-order valence-electron chi connectivity index (χ3n) is 3.64. The Morgan fingerprint density at radius 1 is 1.57 bits per heavy atom. The minimum absolute atomic E-state index is 0.00773. The van der Waals surface area contributed by atoms with Crippen LogP contribution in [0, 0.1) is 12.3 Å². The Morgan fingerprint density at radius 3 is 2.57 bits per heavy atom. The second kappa shape index (κ2) is 2.83.